The summed E-state index contributed by atoms with van der Waals surface area (Å²) >= 11 is 0. The maximum atomic E-state index is 12.4. The van der Waals surface area contributed by atoms with Gasteiger partial charge in [-0.25, -0.2) is 0 Å². The van der Waals surface area contributed by atoms with Crippen molar-refractivity contribution in [2.75, 3.05) is 0 Å². The molecule has 0 bridgehead atoms. The Labute approximate surface area is 88.6 Å². The van der Waals surface area contributed by atoms with Crippen LogP contribution in [0.15, 0.2) is 23.3 Å². The maximum Gasteiger partial charge on any atom is 0.416 e. The Bertz CT molecular complexity index is 304. The summed E-state index contributed by atoms with van der Waals surface area (Å²) in [5, 5.41) is 0. The van der Waals surface area contributed by atoms with Gasteiger partial charge in [0.05, 0.1) is 5.57 Å². The van der Waals surface area contributed by atoms with Crippen molar-refractivity contribution in [1.82, 2.24) is 0 Å². The van der Waals surface area contributed by atoms with Crippen LogP contribution in [-0.2, 0) is 0 Å². The smallest absolute Gasteiger partial charge is 0.166 e. The Kier molecular flexibility index (Phi) is 3.70. The average Bonchev–Trinajstić information content (AvgIpc) is 1.96. The van der Waals surface area contributed by atoms with Crippen molar-refractivity contribution >= 4 is 0 Å². The lowest BCUT2D eigenvalue weighted by molar-refractivity contribution is -0.0978. The lowest BCUT2D eigenvalue weighted by Crippen LogP contribution is -2.17. The molecule has 0 aromatic heterocycles. The maximum absolute atomic E-state index is 12.4. The fraction of sp³-hybridized carbons (Fsp3) is 0.600. The first-order valence-corrected chi connectivity index (χ1v) is 4.76. The molecule has 0 spiro atoms. The Hall–Kier alpha value is -0.940. The summed E-state index contributed by atoms with van der Waals surface area (Å²) in [5.41, 5.74) is -2.30. The highest BCUT2D eigenvalue weighted by molar-refractivity contribution is 5.30. The molecule has 0 aromatic carbocycles. The molecule has 16 heavy (non-hydrogen) atoms. The minimum atomic E-state index is -4.71. The summed E-state index contributed by atoms with van der Waals surface area (Å²) in [6.07, 6.45) is -7.94. The molecule has 0 aromatic rings. The van der Waals surface area contributed by atoms with E-state index in [1.807, 2.05) is 0 Å². The van der Waals surface area contributed by atoms with Gasteiger partial charge in [0, 0.05) is 5.57 Å². The lowest BCUT2D eigenvalue weighted by atomic mass is 9.99. The fourth-order valence-electron chi connectivity index (χ4n) is 1.46. The fourth-order valence-corrected chi connectivity index (χ4v) is 1.46. The van der Waals surface area contributed by atoms with E-state index in [9.17, 15) is 26.3 Å². The van der Waals surface area contributed by atoms with Gasteiger partial charge >= 0.3 is 12.4 Å². The molecule has 0 radical (unpaired) electrons. The van der Waals surface area contributed by atoms with Gasteiger partial charge in [0.1, 0.15) is 0 Å². The third kappa shape index (κ3) is 3.57. The van der Waals surface area contributed by atoms with E-state index in [1.54, 1.807) is 0 Å². The first-order chi connectivity index (χ1) is 7.21. The van der Waals surface area contributed by atoms with E-state index in [2.05, 4.69) is 0 Å². The van der Waals surface area contributed by atoms with Crippen LogP contribution in [0.4, 0.5) is 26.3 Å². The Morgan fingerprint density at radius 2 is 1.50 bits per heavy atom. The highest BCUT2D eigenvalue weighted by Gasteiger charge is 2.38. The van der Waals surface area contributed by atoms with Crippen LogP contribution in [0.3, 0.4) is 0 Å². The second-order valence-corrected chi connectivity index (χ2v) is 3.57. The molecule has 0 heterocycles. The minimum absolute atomic E-state index is 0.163. The summed E-state index contributed by atoms with van der Waals surface area (Å²) in [7, 11) is 0. The quantitative estimate of drug-likeness (QED) is 0.549. The third-order valence-corrected chi connectivity index (χ3v) is 2.29. The first kappa shape index (κ1) is 13.1. The molecule has 0 fully saturated rings. The van der Waals surface area contributed by atoms with Crippen molar-refractivity contribution in [3.8, 4) is 0 Å². The van der Waals surface area contributed by atoms with Crippen LogP contribution in [0, 0.1) is 0 Å². The molecule has 0 atom stereocenters. The van der Waals surface area contributed by atoms with Crippen LogP contribution < -0.4 is 0 Å². The highest BCUT2D eigenvalue weighted by Crippen LogP contribution is 2.36. The zero-order valence-corrected chi connectivity index (χ0v) is 8.25. The van der Waals surface area contributed by atoms with Crippen LogP contribution in [0.5, 0.6) is 0 Å². The minimum Gasteiger partial charge on any atom is -0.166 e. The van der Waals surface area contributed by atoms with Crippen LogP contribution >= 0.6 is 0 Å². The Balaban J connectivity index is 3.06. The second-order valence-electron chi connectivity index (χ2n) is 3.57. The number of halogens is 6. The molecular weight excluding hydrogens is 234 g/mol. The number of rotatable bonds is 0. The first-order valence-electron chi connectivity index (χ1n) is 4.76. The van der Waals surface area contributed by atoms with E-state index >= 15 is 0 Å². The van der Waals surface area contributed by atoms with Crippen molar-refractivity contribution in [2.45, 2.75) is 38.0 Å². The zero-order chi connectivity index (χ0) is 12.4. The summed E-state index contributed by atoms with van der Waals surface area (Å²) in [6, 6.07) is 0. The number of alkyl halides is 6. The van der Waals surface area contributed by atoms with Gasteiger partial charge in [-0.1, -0.05) is 6.08 Å². The molecule has 0 amide bonds. The zero-order valence-electron chi connectivity index (χ0n) is 8.25. The van der Waals surface area contributed by atoms with Gasteiger partial charge in [0.15, 0.2) is 0 Å². The highest BCUT2D eigenvalue weighted by atomic mass is 19.4. The van der Waals surface area contributed by atoms with E-state index in [-0.39, 0.29) is 25.3 Å². The third-order valence-electron chi connectivity index (χ3n) is 2.29. The average molecular weight is 244 g/mol. The Morgan fingerprint density at radius 3 is 2.00 bits per heavy atom. The molecule has 1 aliphatic rings. The van der Waals surface area contributed by atoms with Crippen LogP contribution in [0.2, 0.25) is 0 Å². The molecule has 0 nitrogen and oxygen atoms in total. The monoisotopic (exact) mass is 244 g/mol. The van der Waals surface area contributed by atoms with Gasteiger partial charge < -0.3 is 0 Å². The van der Waals surface area contributed by atoms with E-state index in [0.29, 0.717) is 6.42 Å². The standard InChI is InChI=1S/C10H10F6/c11-9(12,13)7-4-2-1-3-5-8(6-7)10(14,15)16/h4,6H,1-3,5H2/b7-4+,8-6+. The number of allylic oxidation sites excluding steroid dienone is 4. The molecule has 0 saturated carbocycles. The molecule has 1 rings (SSSR count). The summed E-state index contributed by atoms with van der Waals surface area (Å²) < 4.78 is 74.1. The van der Waals surface area contributed by atoms with E-state index in [1.165, 1.54) is 0 Å². The van der Waals surface area contributed by atoms with Crippen LogP contribution in [0.1, 0.15) is 25.7 Å². The van der Waals surface area contributed by atoms with Crippen LogP contribution in [0.25, 0.3) is 0 Å². The van der Waals surface area contributed by atoms with Crippen molar-refractivity contribution in [1.29, 1.82) is 0 Å². The molecule has 0 aliphatic heterocycles. The predicted octanol–water partition coefficient (Wildman–Crippen LogP) is 4.54. The molecular formula is C10H10F6. The number of hydrogen-bond donors (Lipinski definition) is 0. The second kappa shape index (κ2) is 4.51. The van der Waals surface area contributed by atoms with Gasteiger partial charge in [-0.05, 0) is 31.8 Å². The molecule has 0 unspecified atom stereocenters. The van der Waals surface area contributed by atoms with Gasteiger partial charge in [-0.3, -0.25) is 0 Å². The summed E-state index contributed by atoms with van der Waals surface area (Å²) in [5.74, 6) is 0. The lowest BCUT2D eigenvalue weighted by Gasteiger charge is -2.16. The van der Waals surface area contributed by atoms with E-state index < -0.39 is 23.5 Å². The van der Waals surface area contributed by atoms with Crippen molar-refractivity contribution in [3.05, 3.63) is 23.3 Å². The summed E-state index contributed by atoms with van der Waals surface area (Å²) in [4.78, 5) is 0. The van der Waals surface area contributed by atoms with Crippen molar-refractivity contribution in [2.24, 2.45) is 0 Å². The molecule has 0 saturated heterocycles. The summed E-state index contributed by atoms with van der Waals surface area (Å²) in [6.45, 7) is 0. The number of hydrogen-bond acceptors (Lipinski definition) is 0. The van der Waals surface area contributed by atoms with Gasteiger partial charge in [0.2, 0.25) is 0 Å². The SMILES string of the molecule is FC(F)(F)C1=C/CCCC/C(C(F)(F)F)=C\1. The van der Waals surface area contributed by atoms with Gasteiger partial charge in [-0.2, -0.15) is 26.3 Å². The molecule has 1 aliphatic carbocycles. The van der Waals surface area contributed by atoms with E-state index in [0.717, 1.165) is 6.08 Å². The molecule has 0 N–H and O–H groups in total. The topological polar surface area (TPSA) is 0 Å². The van der Waals surface area contributed by atoms with Gasteiger partial charge in [0.25, 0.3) is 0 Å². The molecule has 6 heteroatoms. The largest absolute Gasteiger partial charge is 0.416 e. The van der Waals surface area contributed by atoms with Crippen LogP contribution in [-0.4, -0.2) is 12.4 Å². The molecule has 92 valence electrons. The Morgan fingerprint density at radius 1 is 0.875 bits per heavy atom. The van der Waals surface area contributed by atoms with E-state index in [4.69, 9.17) is 0 Å². The normalized spacial score (nSPS) is 26.1. The van der Waals surface area contributed by atoms with Crippen molar-refractivity contribution < 1.29 is 26.3 Å². The predicted molar refractivity (Wildman–Crippen MR) is 46.7 cm³/mol. The van der Waals surface area contributed by atoms with Gasteiger partial charge in [-0.15, -0.1) is 0 Å². The van der Waals surface area contributed by atoms with Crippen molar-refractivity contribution in [3.63, 3.8) is 0 Å².